The molecule has 0 radical (unpaired) electrons. The number of phenolic OH excluding ortho intramolecular Hbond substituents is 2. The number of hydrazone groups is 1. The van der Waals surface area contributed by atoms with Crippen LogP contribution in [0.2, 0.25) is 0 Å². The maximum Gasteiger partial charge on any atom is 0.176 e. The maximum absolute atomic E-state index is 9.67. The van der Waals surface area contributed by atoms with Crippen molar-refractivity contribution in [3.05, 3.63) is 54.2 Å². The number of nitrogens with one attached hydrogen (secondary N) is 1. The van der Waals surface area contributed by atoms with E-state index >= 15 is 0 Å². The summed E-state index contributed by atoms with van der Waals surface area (Å²) < 4.78 is 0. The van der Waals surface area contributed by atoms with Crippen LogP contribution in [0.4, 0.5) is 5.82 Å². The van der Waals surface area contributed by atoms with Gasteiger partial charge in [0.25, 0.3) is 0 Å². The summed E-state index contributed by atoms with van der Waals surface area (Å²) in [7, 11) is 0. The summed E-state index contributed by atoms with van der Waals surface area (Å²) in [5, 5.41) is 32.8. The average molecular weight is 280 g/mol. The number of phenols is 2. The fourth-order valence-corrected chi connectivity index (χ4v) is 1.93. The second-order valence-corrected chi connectivity index (χ2v) is 4.37. The lowest BCUT2D eigenvalue weighted by atomic mass is 10.2. The van der Waals surface area contributed by atoms with Crippen molar-refractivity contribution in [3.8, 4) is 11.5 Å². The molecule has 0 amide bonds. The van der Waals surface area contributed by atoms with Crippen molar-refractivity contribution >= 4 is 22.8 Å². The Morgan fingerprint density at radius 1 is 1.05 bits per heavy atom. The zero-order chi connectivity index (χ0) is 14.7. The van der Waals surface area contributed by atoms with Gasteiger partial charge in [0.15, 0.2) is 17.3 Å². The quantitative estimate of drug-likeness (QED) is 0.389. The Kier molecular flexibility index (Phi) is 3.34. The Balaban J connectivity index is 1.86. The fraction of sp³-hybridized carbons (Fsp3) is 0. The van der Waals surface area contributed by atoms with Crippen LogP contribution >= 0.6 is 0 Å². The molecule has 0 saturated carbocycles. The van der Waals surface area contributed by atoms with Crippen LogP contribution in [0.15, 0.2) is 53.8 Å². The summed E-state index contributed by atoms with van der Waals surface area (Å²) >= 11 is 0. The summed E-state index contributed by atoms with van der Waals surface area (Å²) in [6.45, 7) is 0. The number of nitrogens with zero attached hydrogens (tertiary/aromatic N) is 3. The number of rotatable bonds is 3. The smallest absolute Gasteiger partial charge is 0.176 e. The topological polar surface area (TPSA) is 90.6 Å². The van der Waals surface area contributed by atoms with Gasteiger partial charge in [-0.3, -0.25) is 5.43 Å². The van der Waals surface area contributed by atoms with E-state index in [1.807, 2.05) is 24.3 Å². The van der Waals surface area contributed by atoms with Crippen molar-refractivity contribution < 1.29 is 10.2 Å². The summed E-state index contributed by atoms with van der Waals surface area (Å²) in [5.41, 5.74) is 3.18. The lowest BCUT2D eigenvalue weighted by molar-refractivity contribution is 0.403. The molecule has 0 unspecified atom stereocenters. The molecule has 1 heterocycles. The predicted molar refractivity (Wildman–Crippen MR) is 80.5 cm³/mol. The van der Waals surface area contributed by atoms with Gasteiger partial charge in [0.05, 0.1) is 12.4 Å². The predicted octanol–water partition coefficient (Wildman–Crippen LogP) is 2.49. The molecule has 0 bridgehead atoms. The second-order valence-electron chi connectivity index (χ2n) is 4.37. The van der Waals surface area contributed by atoms with E-state index in [0.29, 0.717) is 11.4 Å². The molecule has 3 rings (SSSR count). The number of hydrogen-bond donors (Lipinski definition) is 3. The number of para-hydroxylation sites is 1. The minimum atomic E-state index is -0.216. The summed E-state index contributed by atoms with van der Waals surface area (Å²) in [5.74, 6) is 0.111. The van der Waals surface area contributed by atoms with Gasteiger partial charge in [0, 0.05) is 16.3 Å². The zero-order valence-corrected chi connectivity index (χ0v) is 10.9. The number of hydrogen-bond acceptors (Lipinski definition) is 6. The molecule has 0 fully saturated rings. The molecule has 0 aliphatic heterocycles. The lowest BCUT2D eigenvalue weighted by Crippen LogP contribution is -1.96. The van der Waals surface area contributed by atoms with Gasteiger partial charge in [-0.05, 0) is 12.1 Å². The summed E-state index contributed by atoms with van der Waals surface area (Å²) in [6.07, 6.45) is 3.07. The van der Waals surface area contributed by atoms with E-state index in [0.717, 1.165) is 10.8 Å². The van der Waals surface area contributed by atoms with Crippen LogP contribution < -0.4 is 5.43 Å². The van der Waals surface area contributed by atoms with Gasteiger partial charge in [0.1, 0.15) is 0 Å². The highest BCUT2D eigenvalue weighted by Crippen LogP contribution is 2.26. The van der Waals surface area contributed by atoms with Crippen LogP contribution in [0.1, 0.15) is 5.56 Å². The normalized spacial score (nSPS) is 11.0. The van der Waals surface area contributed by atoms with E-state index in [1.54, 1.807) is 18.3 Å². The van der Waals surface area contributed by atoms with Gasteiger partial charge in [0.2, 0.25) is 0 Å². The van der Waals surface area contributed by atoms with E-state index in [4.69, 9.17) is 0 Å². The molecule has 21 heavy (non-hydrogen) atoms. The van der Waals surface area contributed by atoms with Crippen molar-refractivity contribution in [2.45, 2.75) is 0 Å². The first-order valence-corrected chi connectivity index (χ1v) is 6.26. The number of anilines is 1. The molecule has 3 aromatic rings. The monoisotopic (exact) mass is 280 g/mol. The minimum Gasteiger partial charge on any atom is -0.504 e. The molecule has 0 spiro atoms. The molecule has 2 aromatic carbocycles. The molecule has 0 saturated heterocycles. The van der Waals surface area contributed by atoms with Crippen molar-refractivity contribution in [3.63, 3.8) is 0 Å². The Morgan fingerprint density at radius 2 is 1.90 bits per heavy atom. The first-order valence-electron chi connectivity index (χ1n) is 6.26. The standard InChI is InChI=1S/C15H12N4O2/c20-13-7-3-5-11(14(13)21)9-17-19-15-12-6-2-1-4-10(12)8-16-18-15/h1-9,20-21H,(H,18,19). The van der Waals surface area contributed by atoms with Gasteiger partial charge < -0.3 is 10.2 Å². The number of benzene rings is 2. The van der Waals surface area contributed by atoms with E-state index in [9.17, 15) is 10.2 Å². The van der Waals surface area contributed by atoms with Gasteiger partial charge in [-0.1, -0.05) is 30.3 Å². The highest BCUT2D eigenvalue weighted by atomic mass is 16.3. The van der Waals surface area contributed by atoms with Crippen LogP contribution in [-0.2, 0) is 0 Å². The van der Waals surface area contributed by atoms with Crippen molar-refractivity contribution in [1.82, 2.24) is 10.2 Å². The fourth-order valence-electron chi connectivity index (χ4n) is 1.93. The SMILES string of the molecule is Oc1cccc(C=NNc2nncc3ccccc23)c1O. The molecule has 1 aromatic heterocycles. The first-order chi connectivity index (χ1) is 10.3. The molecular weight excluding hydrogens is 268 g/mol. The Hall–Kier alpha value is -3.15. The minimum absolute atomic E-state index is 0.191. The second kappa shape index (κ2) is 5.46. The van der Waals surface area contributed by atoms with Crippen LogP contribution in [0.3, 0.4) is 0 Å². The highest BCUT2D eigenvalue weighted by Gasteiger charge is 2.04. The average Bonchev–Trinajstić information content (AvgIpc) is 2.52. The summed E-state index contributed by atoms with van der Waals surface area (Å²) in [4.78, 5) is 0. The lowest BCUT2D eigenvalue weighted by Gasteiger charge is -2.03. The highest BCUT2D eigenvalue weighted by molar-refractivity contribution is 5.91. The van der Waals surface area contributed by atoms with Crippen LogP contribution in [-0.4, -0.2) is 26.6 Å². The molecule has 0 aliphatic rings. The van der Waals surface area contributed by atoms with Crippen LogP contribution in [0.5, 0.6) is 11.5 Å². The van der Waals surface area contributed by atoms with E-state index in [2.05, 4.69) is 20.7 Å². The third-order valence-electron chi connectivity index (χ3n) is 2.99. The molecule has 0 aliphatic carbocycles. The number of aromatic hydroxyl groups is 2. The summed E-state index contributed by atoms with van der Waals surface area (Å²) in [6, 6.07) is 12.3. The third-order valence-corrected chi connectivity index (χ3v) is 2.99. The van der Waals surface area contributed by atoms with Gasteiger partial charge in [-0.15, -0.1) is 5.10 Å². The van der Waals surface area contributed by atoms with Crippen LogP contribution in [0, 0.1) is 0 Å². The maximum atomic E-state index is 9.67. The van der Waals surface area contributed by atoms with Crippen molar-refractivity contribution in [2.24, 2.45) is 5.10 Å². The Bertz CT molecular complexity index is 812. The van der Waals surface area contributed by atoms with E-state index in [-0.39, 0.29) is 11.5 Å². The van der Waals surface area contributed by atoms with Gasteiger partial charge in [-0.2, -0.15) is 10.2 Å². The van der Waals surface area contributed by atoms with E-state index in [1.165, 1.54) is 12.3 Å². The van der Waals surface area contributed by atoms with Crippen LogP contribution in [0.25, 0.3) is 10.8 Å². The number of fused-ring (bicyclic) bond motifs is 1. The molecule has 6 heteroatoms. The number of aromatic nitrogens is 2. The Labute approximate surface area is 120 Å². The molecule has 0 atom stereocenters. The molecule has 104 valence electrons. The third kappa shape index (κ3) is 2.59. The molecule has 6 nitrogen and oxygen atoms in total. The Morgan fingerprint density at radius 3 is 2.81 bits per heavy atom. The van der Waals surface area contributed by atoms with Crippen molar-refractivity contribution in [2.75, 3.05) is 5.43 Å². The molecule has 3 N–H and O–H groups in total. The van der Waals surface area contributed by atoms with Gasteiger partial charge in [-0.25, -0.2) is 0 Å². The largest absolute Gasteiger partial charge is 0.504 e. The first kappa shape index (κ1) is 12.9. The van der Waals surface area contributed by atoms with Crippen molar-refractivity contribution in [1.29, 1.82) is 0 Å². The zero-order valence-electron chi connectivity index (χ0n) is 10.9. The van der Waals surface area contributed by atoms with E-state index < -0.39 is 0 Å². The van der Waals surface area contributed by atoms with Gasteiger partial charge >= 0.3 is 0 Å². The molecular formula is C15H12N4O2.